The van der Waals surface area contributed by atoms with Crippen LogP contribution in [0.25, 0.3) is 0 Å². The van der Waals surface area contributed by atoms with E-state index in [0.29, 0.717) is 18.8 Å². The molecule has 4 atom stereocenters. The Labute approximate surface area is 203 Å². The van der Waals surface area contributed by atoms with Crippen LogP contribution in [0.4, 0.5) is 0 Å². The van der Waals surface area contributed by atoms with Crippen LogP contribution in [0.3, 0.4) is 0 Å². The summed E-state index contributed by atoms with van der Waals surface area (Å²) in [6.45, 7) is 8.88. The molecule has 1 aliphatic rings. The van der Waals surface area contributed by atoms with E-state index in [1.54, 1.807) is 0 Å². The van der Waals surface area contributed by atoms with Crippen molar-refractivity contribution in [3.63, 3.8) is 0 Å². The van der Waals surface area contributed by atoms with Gasteiger partial charge in [0.2, 0.25) is 0 Å². The van der Waals surface area contributed by atoms with Gasteiger partial charge in [0.05, 0.1) is 11.8 Å². The van der Waals surface area contributed by atoms with Crippen LogP contribution < -0.4 is 0 Å². The van der Waals surface area contributed by atoms with E-state index < -0.39 is 17.8 Å². The summed E-state index contributed by atoms with van der Waals surface area (Å²) in [6, 6.07) is 0. The number of aliphatic carboxylic acids is 1. The van der Waals surface area contributed by atoms with Gasteiger partial charge in [0.15, 0.2) is 0 Å². The fraction of sp³-hybridized carbons (Fsp3) is 0.862. The quantitative estimate of drug-likeness (QED) is 0.118. The van der Waals surface area contributed by atoms with Crippen molar-refractivity contribution >= 4 is 11.9 Å². The highest BCUT2D eigenvalue weighted by Gasteiger charge is 2.36. The number of carboxylic acids is 1. The van der Waals surface area contributed by atoms with Crippen LogP contribution in [0.15, 0.2) is 12.2 Å². The maximum Gasteiger partial charge on any atom is 0.310 e. The average molecular weight is 465 g/mol. The zero-order valence-corrected chi connectivity index (χ0v) is 22.0. The van der Waals surface area contributed by atoms with Crippen molar-refractivity contribution in [3.05, 3.63) is 12.2 Å². The molecule has 0 saturated heterocycles. The zero-order chi connectivity index (χ0) is 24.5. The van der Waals surface area contributed by atoms with Gasteiger partial charge in [0, 0.05) is 0 Å². The fourth-order valence-electron chi connectivity index (χ4n) is 4.80. The monoisotopic (exact) mass is 464 g/mol. The molecule has 0 aromatic rings. The lowest BCUT2D eigenvalue weighted by Crippen LogP contribution is -2.36. The van der Waals surface area contributed by atoms with Gasteiger partial charge in [-0.05, 0) is 37.5 Å². The van der Waals surface area contributed by atoms with Crippen LogP contribution in [0.5, 0.6) is 0 Å². The van der Waals surface area contributed by atoms with Crippen molar-refractivity contribution in [2.24, 2.45) is 23.7 Å². The van der Waals surface area contributed by atoms with Gasteiger partial charge in [-0.25, -0.2) is 0 Å². The second-order valence-corrected chi connectivity index (χ2v) is 10.7. The molecular formula is C29H52O4. The first kappa shape index (κ1) is 29.7. The number of allylic oxidation sites excluding steroid dienone is 2. The Kier molecular flexibility index (Phi) is 16.3. The molecule has 0 saturated carbocycles. The Bertz CT molecular complexity index is 554. The van der Waals surface area contributed by atoms with Crippen LogP contribution in [-0.2, 0) is 14.3 Å². The smallest absolute Gasteiger partial charge is 0.310 e. The van der Waals surface area contributed by atoms with Gasteiger partial charge in [0.25, 0.3) is 0 Å². The molecule has 0 aliphatic heterocycles. The maximum atomic E-state index is 12.8. The first-order valence-corrected chi connectivity index (χ1v) is 13.9. The van der Waals surface area contributed by atoms with Crippen LogP contribution >= 0.6 is 0 Å². The Morgan fingerprint density at radius 2 is 1.24 bits per heavy atom. The molecule has 0 radical (unpaired) electrons. The van der Waals surface area contributed by atoms with E-state index in [-0.39, 0.29) is 12.1 Å². The maximum absolute atomic E-state index is 12.8. The number of unbranched alkanes of at least 4 members (excludes halogenated alkanes) is 10. The van der Waals surface area contributed by atoms with Crippen LogP contribution in [-0.4, -0.2) is 23.1 Å². The Morgan fingerprint density at radius 1 is 0.788 bits per heavy atom. The van der Waals surface area contributed by atoms with E-state index in [0.717, 1.165) is 25.2 Å². The molecular weight excluding hydrogens is 412 g/mol. The minimum absolute atomic E-state index is 0.0986. The molecule has 33 heavy (non-hydrogen) atoms. The summed E-state index contributed by atoms with van der Waals surface area (Å²) in [7, 11) is 0. The predicted molar refractivity (Wildman–Crippen MR) is 137 cm³/mol. The molecule has 4 heteroatoms. The summed E-state index contributed by atoms with van der Waals surface area (Å²) in [5.74, 6) is -1.27. The molecule has 1 aliphatic carbocycles. The molecule has 192 valence electrons. The highest BCUT2D eigenvalue weighted by Crippen LogP contribution is 2.29. The standard InChI is InChI=1S/C29H52O4/c1-5-24(4)27(33-29(32)26-21-18-17-20-25(26)28(30)31)22-16-14-12-10-8-6-7-9-11-13-15-19-23(2)3/h17-18,23-27H,5-16,19-22H2,1-4H3,(H,30,31). The largest absolute Gasteiger partial charge is 0.481 e. The summed E-state index contributed by atoms with van der Waals surface area (Å²) in [5.41, 5.74) is 0. The van der Waals surface area contributed by atoms with Crippen LogP contribution in [0, 0.1) is 23.7 Å². The van der Waals surface area contributed by atoms with E-state index in [2.05, 4.69) is 27.7 Å². The van der Waals surface area contributed by atoms with Crippen LogP contribution in [0.2, 0.25) is 0 Å². The average Bonchev–Trinajstić information content (AvgIpc) is 2.80. The van der Waals surface area contributed by atoms with Crippen molar-refractivity contribution in [1.29, 1.82) is 0 Å². The van der Waals surface area contributed by atoms with Gasteiger partial charge < -0.3 is 9.84 Å². The molecule has 1 rings (SSSR count). The molecule has 0 spiro atoms. The number of hydrogen-bond donors (Lipinski definition) is 1. The molecule has 0 fully saturated rings. The predicted octanol–water partition coefficient (Wildman–Crippen LogP) is 8.34. The molecule has 4 unspecified atom stereocenters. The van der Waals surface area contributed by atoms with Gasteiger partial charge in [-0.1, -0.05) is 117 Å². The molecule has 0 heterocycles. The van der Waals surface area contributed by atoms with E-state index in [1.807, 2.05) is 12.2 Å². The topological polar surface area (TPSA) is 63.6 Å². The Balaban J connectivity index is 2.19. The number of ether oxygens (including phenoxy) is 1. The first-order valence-electron chi connectivity index (χ1n) is 13.9. The van der Waals surface area contributed by atoms with Crippen molar-refractivity contribution in [3.8, 4) is 0 Å². The van der Waals surface area contributed by atoms with Gasteiger partial charge in [-0.15, -0.1) is 0 Å². The van der Waals surface area contributed by atoms with Crippen molar-refractivity contribution in [1.82, 2.24) is 0 Å². The molecule has 0 amide bonds. The molecule has 0 aromatic carbocycles. The number of carboxylic acid groups (broad SMARTS) is 1. The molecule has 4 nitrogen and oxygen atoms in total. The van der Waals surface area contributed by atoms with Crippen molar-refractivity contribution in [2.75, 3.05) is 0 Å². The third-order valence-corrected chi connectivity index (χ3v) is 7.37. The SMILES string of the molecule is CCC(C)C(CCCCCCCCCCCCCC(C)C)OC(=O)C1CC=CCC1C(=O)O. The van der Waals surface area contributed by atoms with Gasteiger partial charge in [-0.2, -0.15) is 0 Å². The normalized spacial score (nSPS) is 20.0. The van der Waals surface area contributed by atoms with E-state index >= 15 is 0 Å². The van der Waals surface area contributed by atoms with Crippen molar-refractivity contribution < 1.29 is 19.4 Å². The van der Waals surface area contributed by atoms with Gasteiger partial charge in [-0.3, -0.25) is 9.59 Å². The highest BCUT2D eigenvalue weighted by atomic mass is 16.5. The summed E-state index contributed by atoms with van der Waals surface area (Å²) in [5, 5.41) is 9.45. The van der Waals surface area contributed by atoms with Gasteiger partial charge >= 0.3 is 11.9 Å². The second-order valence-electron chi connectivity index (χ2n) is 10.7. The fourth-order valence-corrected chi connectivity index (χ4v) is 4.80. The van der Waals surface area contributed by atoms with E-state index in [9.17, 15) is 14.7 Å². The Hall–Kier alpha value is -1.32. The third kappa shape index (κ3) is 13.2. The first-order chi connectivity index (χ1) is 15.9. The van der Waals surface area contributed by atoms with E-state index in [1.165, 1.54) is 70.6 Å². The number of hydrogen-bond acceptors (Lipinski definition) is 3. The summed E-state index contributed by atoms with van der Waals surface area (Å²) in [4.78, 5) is 24.3. The van der Waals surface area contributed by atoms with Crippen molar-refractivity contribution in [2.45, 2.75) is 137 Å². The number of carbonyl (C=O) groups is 2. The molecule has 0 aromatic heterocycles. The second kappa shape index (κ2) is 18.1. The lowest BCUT2D eigenvalue weighted by molar-refractivity contribution is -0.164. The summed E-state index contributed by atoms with van der Waals surface area (Å²) < 4.78 is 5.90. The highest BCUT2D eigenvalue weighted by molar-refractivity contribution is 5.81. The van der Waals surface area contributed by atoms with Crippen LogP contribution in [0.1, 0.15) is 130 Å². The number of esters is 1. The zero-order valence-electron chi connectivity index (χ0n) is 22.0. The Morgan fingerprint density at radius 3 is 1.70 bits per heavy atom. The van der Waals surface area contributed by atoms with Gasteiger partial charge in [0.1, 0.15) is 6.10 Å². The summed E-state index contributed by atoms with van der Waals surface area (Å²) in [6.07, 6.45) is 22.2. The minimum atomic E-state index is -0.896. The third-order valence-electron chi connectivity index (χ3n) is 7.37. The number of rotatable bonds is 19. The molecule has 1 N–H and O–H groups in total. The minimum Gasteiger partial charge on any atom is -0.481 e. The molecule has 0 bridgehead atoms. The number of carbonyl (C=O) groups excluding carboxylic acids is 1. The lowest BCUT2D eigenvalue weighted by atomic mass is 9.83. The van der Waals surface area contributed by atoms with E-state index in [4.69, 9.17) is 4.74 Å². The summed E-state index contributed by atoms with van der Waals surface area (Å²) >= 11 is 0. The lowest BCUT2D eigenvalue weighted by Gasteiger charge is -2.28.